The average Bonchev–Trinajstić information content (AvgIpc) is 2.97. The molecule has 1 aromatic carbocycles. The zero-order valence-electron chi connectivity index (χ0n) is 11.2. The quantitative estimate of drug-likeness (QED) is 0.929. The molecule has 0 bridgehead atoms. The van der Waals surface area contributed by atoms with Gasteiger partial charge in [-0.1, -0.05) is 18.2 Å². The monoisotopic (exact) mass is 272 g/mol. The van der Waals surface area contributed by atoms with Gasteiger partial charge in [0, 0.05) is 12.7 Å². The van der Waals surface area contributed by atoms with Crippen molar-refractivity contribution in [3.63, 3.8) is 0 Å². The van der Waals surface area contributed by atoms with Gasteiger partial charge < -0.3 is 10.1 Å². The van der Waals surface area contributed by atoms with E-state index in [0.29, 0.717) is 6.61 Å². The second-order valence-corrected chi connectivity index (χ2v) is 5.04. The minimum absolute atomic E-state index is 0.223. The summed E-state index contributed by atoms with van der Waals surface area (Å²) < 4.78 is 19.2. The van der Waals surface area contributed by atoms with Crippen LogP contribution in [-0.4, -0.2) is 18.1 Å². The third-order valence-electron chi connectivity index (χ3n) is 3.71. The van der Waals surface area contributed by atoms with E-state index in [4.69, 9.17) is 4.74 Å². The molecular weight excluding hydrogens is 255 g/mol. The third kappa shape index (κ3) is 2.71. The molecule has 0 aliphatic carbocycles. The number of ether oxygens (including phenoxy) is 1. The fraction of sp³-hybridized carbons (Fsp3) is 0.312. The number of hydrogen-bond acceptors (Lipinski definition) is 3. The van der Waals surface area contributed by atoms with Gasteiger partial charge in [0.1, 0.15) is 11.4 Å². The van der Waals surface area contributed by atoms with Crippen LogP contribution in [0.25, 0.3) is 0 Å². The summed E-state index contributed by atoms with van der Waals surface area (Å²) >= 11 is 0. The number of aromatic nitrogens is 1. The molecule has 3 nitrogen and oxygen atoms in total. The van der Waals surface area contributed by atoms with E-state index in [0.717, 1.165) is 30.8 Å². The van der Waals surface area contributed by atoms with Crippen molar-refractivity contribution in [1.82, 2.24) is 10.3 Å². The van der Waals surface area contributed by atoms with Crippen LogP contribution in [0, 0.1) is 5.82 Å². The van der Waals surface area contributed by atoms with Gasteiger partial charge in [0.15, 0.2) is 0 Å². The lowest BCUT2D eigenvalue weighted by Crippen LogP contribution is -2.32. The number of halogens is 1. The van der Waals surface area contributed by atoms with Crippen LogP contribution in [0.2, 0.25) is 0 Å². The van der Waals surface area contributed by atoms with Gasteiger partial charge in [-0.2, -0.15) is 0 Å². The minimum atomic E-state index is -0.384. The lowest BCUT2D eigenvalue weighted by molar-refractivity contribution is -0.0483. The number of pyridine rings is 1. The molecule has 2 aromatic rings. The van der Waals surface area contributed by atoms with Crippen molar-refractivity contribution >= 4 is 0 Å². The molecule has 20 heavy (non-hydrogen) atoms. The van der Waals surface area contributed by atoms with Crippen LogP contribution in [0.15, 0.2) is 48.7 Å². The highest BCUT2D eigenvalue weighted by molar-refractivity contribution is 5.25. The topological polar surface area (TPSA) is 34.1 Å². The van der Waals surface area contributed by atoms with Crippen LogP contribution in [0.4, 0.5) is 4.39 Å². The van der Waals surface area contributed by atoms with Crippen molar-refractivity contribution in [2.45, 2.75) is 18.6 Å². The van der Waals surface area contributed by atoms with E-state index < -0.39 is 0 Å². The van der Waals surface area contributed by atoms with Gasteiger partial charge in [0.05, 0.1) is 12.3 Å². The second-order valence-electron chi connectivity index (χ2n) is 5.04. The molecule has 1 aliphatic rings. The normalized spacial score (nSPS) is 22.1. The van der Waals surface area contributed by atoms with Crippen LogP contribution in [0.1, 0.15) is 17.7 Å². The largest absolute Gasteiger partial charge is 0.363 e. The Morgan fingerprint density at radius 1 is 1.20 bits per heavy atom. The molecule has 1 unspecified atom stereocenters. The van der Waals surface area contributed by atoms with Crippen LogP contribution >= 0.6 is 0 Å². The van der Waals surface area contributed by atoms with Crippen LogP contribution in [0.3, 0.4) is 0 Å². The van der Waals surface area contributed by atoms with E-state index in [1.807, 2.05) is 18.2 Å². The fourth-order valence-electron chi connectivity index (χ4n) is 2.57. The summed E-state index contributed by atoms with van der Waals surface area (Å²) in [5.41, 5.74) is 1.53. The SMILES string of the molecule is Fc1ccc(C2(OCc3ccccn3)CCNC2)cc1. The Hall–Kier alpha value is -1.78. The highest BCUT2D eigenvalue weighted by Gasteiger charge is 2.36. The third-order valence-corrected chi connectivity index (χ3v) is 3.71. The van der Waals surface area contributed by atoms with Gasteiger partial charge in [0.25, 0.3) is 0 Å². The molecule has 1 aliphatic heterocycles. The molecule has 2 heterocycles. The maximum absolute atomic E-state index is 13.1. The van der Waals surface area contributed by atoms with Gasteiger partial charge in [-0.05, 0) is 42.8 Å². The Morgan fingerprint density at radius 2 is 2.05 bits per heavy atom. The summed E-state index contributed by atoms with van der Waals surface area (Å²) in [6, 6.07) is 12.4. The predicted molar refractivity (Wildman–Crippen MR) is 74.6 cm³/mol. The lowest BCUT2D eigenvalue weighted by atomic mass is 9.92. The number of hydrogen-bond donors (Lipinski definition) is 1. The highest BCUT2D eigenvalue weighted by atomic mass is 19.1. The van der Waals surface area contributed by atoms with Crippen molar-refractivity contribution in [3.8, 4) is 0 Å². The van der Waals surface area contributed by atoms with Gasteiger partial charge >= 0.3 is 0 Å². The maximum Gasteiger partial charge on any atom is 0.123 e. The molecule has 0 amide bonds. The molecule has 4 heteroatoms. The summed E-state index contributed by atoms with van der Waals surface area (Å²) in [6.45, 7) is 2.10. The van der Waals surface area contributed by atoms with Crippen molar-refractivity contribution in [2.24, 2.45) is 0 Å². The summed E-state index contributed by atoms with van der Waals surface area (Å²) in [5, 5.41) is 3.32. The van der Waals surface area contributed by atoms with Gasteiger partial charge in [-0.25, -0.2) is 4.39 Å². The summed E-state index contributed by atoms with van der Waals surface area (Å²) in [4.78, 5) is 4.27. The predicted octanol–water partition coefficient (Wildman–Crippen LogP) is 2.63. The minimum Gasteiger partial charge on any atom is -0.363 e. The van der Waals surface area contributed by atoms with Crippen molar-refractivity contribution < 1.29 is 9.13 Å². The molecule has 104 valence electrons. The van der Waals surface area contributed by atoms with Crippen LogP contribution < -0.4 is 5.32 Å². The van der Waals surface area contributed by atoms with Gasteiger partial charge in [-0.15, -0.1) is 0 Å². The van der Waals surface area contributed by atoms with Crippen molar-refractivity contribution in [3.05, 3.63) is 65.7 Å². The van der Waals surface area contributed by atoms with E-state index in [1.165, 1.54) is 12.1 Å². The van der Waals surface area contributed by atoms with Crippen molar-refractivity contribution in [1.29, 1.82) is 0 Å². The van der Waals surface area contributed by atoms with Crippen LogP contribution in [0.5, 0.6) is 0 Å². The Balaban J connectivity index is 1.79. The lowest BCUT2D eigenvalue weighted by Gasteiger charge is -2.29. The van der Waals surface area contributed by atoms with Crippen LogP contribution in [-0.2, 0) is 16.9 Å². The first-order valence-electron chi connectivity index (χ1n) is 6.79. The zero-order chi connectivity index (χ0) is 13.8. The first-order chi connectivity index (χ1) is 9.78. The van der Waals surface area contributed by atoms with E-state index in [2.05, 4.69) is 10.3 Å². The summed E-state index contributed by atoms with van der Waals surface area (Å²) in [6.07, 6.45) is 2.64. The molecule has 0 radical (unpaired) electrons. The van der Waals surface area contributed by atoms with Crippen molar-refractivity contribution in [2.75, 3.05) is 13.1 Å². The van der Waals surface area contributed by atoms with E-state index >= 15 is 0 Å². The molecule has 3 rings (SSSR count). The molecule has 0 saturated carbocycles. The number of nitrogens with one attached hydrogen (secondary N) is 1. The Kier molecular flexibility index (Phi) is 3.76. The fourth-order valence-corrected chi connectivity index (χ4v) is 2.57. The summed E-state index contributed by atoms with van der Waals surface area (Å²) in [5.74, 6) is -0.223. The maximum atomic E-state index is 13.1. The number of rotatable bonds is 4. The Bertz CT molecular complexity index is 550. The number of benzene rings is 1. The molecule has 0 spiro atoms. The average molecular weight is 272 g/mol. The molecule has 1 aromatic heterocycles. The smallest absolute Gasteiger partial charge is 0.123 e. The molecule has 1 N–H and O–H groups in total. The molecule has 1 saturated heterocycles. The zero-order valence-corrected chi connectivity index (χ0v) is 11.2. The van der Waals surface area contributed by atoms with E-state index in [-0.39, 0.29) is 11.4 Å². The van der Waals surface area contributed by atoms with E-state index in [1.54, 1.807) is 18.3 Å². The Labute approximate surface area is 117 Å². The van der Waals surface area contributed by atoms with E-state index in [9.17, 15) is 4.39 Å². The first kappa shape index (κ1) is 13.2. The molecule has 1 fully saturated rings. The standard InChI is InChI=1S/C16H17FN2O/c17-14-6-4-13(5-7-14)16(8-10-18-12-16)20-11-15-3-1-2-9-19-15/h1-7,9,18H,8,10-12H2. The number of nitrogens with zero attached hydrogens (tertiary/aromatic N) is 1. The van der Waals surface area contributed by atoms with Gasteiger partial charge in [-0.3, -0.25) is 4.98 Å². The highest BCUT2D eigenvalue weighted by Crippen LogP contribution is 2.33. The summed E-state index contributed by atoms with van der Waals surface area (Å²) in [7, 11) is 0. The molecule has 1 atom stereocenters. The second kappa shape index (κ2) is 5.69. The van der Waals surface area contributed by atoms with Gasteiger partial charge in [0.2, 0.25) is 0 Å². The molecular formula is C16H17FN2O. The first-order valence-corrected chi connectivity index (χ1v) is 6.79. The Morgan fingerprint density at radius 3 is 2.70 bits per heavy atom.